The molecule has 12 heavy (non-hydrogen) atoms. The standard InChI is InChI=1S/C7H6Cl2N2O/c8-6(9)5-4(7(10)12)2-1-3-11-5/h1-3,6H,(H2,10,12). The summed E-state index contributed by atoms with van der Waals surface area (Å²) in [6.45, 7) is 0. The molecule has 0 spiro atoms. The lowest BCUT2D eigenvalue weighted by Gasteiger charge is -2.04. The van der Waals surface area contributed by atoms with Crippen LogP contribution in [-0.4, -0.2) is 10.9 Å². The van der Waals surface area contributed by atoms with Crippen molar-refractivity contribution in [2.45, 2.75) is 4.84 Å². The number of nitrogens with zero attached hydrogens (tertiary/aromatic N) is 1. The second kappa shape index (κ2) is 3.74. The van der Waals surface area contributed by atoms with E-state index in [4.69, 9.17) is 28.9 Å². The van der Waals surface area contributed by atoms with Crippen LogP contribution in [0.5, 0.6) is 0 Å². The lowest BCUT2D eigenvalue weighted by atomic mass is 10.2. The molecule has 0 aliphatic heterocycles. The Labute approximate surface area is 79.5 Å². The van der Waals surface area contributed by atoms with Gasteiger partial charge in [0.05, 0.1) is 11.3 Å². The summed E-state index contributed by atoms with van der Waals surface area (Å²) >= 11 is 11.1. The lowest BCUT2D eigenvalue weighted by molar-refractivity contribution is 0.0999. The Bertz CT molecular complexity index is 301. The molecular weight excluding hydrogens is 199 g/mol. The van der Waals surface area contributed by atoms with Gasteiger partial charge >= 0.3 is 0 Å². The number of amides is 1. The van der Waals surface area contributed by atoms with Gasteiger partial charge in [0.15, 0.2) is 0 Å². The highest BCUT2D eigenvalue weighted by atomic mass is 35.5. The zero-order valence-electron chi connectivity index (χ0n) is 6.00. The molecular formula is C7H6Cl2N2O. The molecule has 64 valence electrons. The van der Waals surface area contributed by atoms with Crippen molar-refractivity contribution in [2.75, 3.05) is 0 Å². The summed E-state index contributed by atoms with van der Waals surface area (Å²) in [7, 11) is 0. The van der Waals surface area contributed by atoms with E-state index < -0.39 is 10.7 Å². The van der Waals surface area contributed by atoms with Crippen LogP contribution in [0.3, 0.4) is 0 Å². The molecule has 0 fully saturated rings. The topological polar surface area (TPSA) is 56.0 Å². The van der Waals surface area contributed by atoms with Crippen LogP contribution in [0.25, 0.3) is 0 Å². The number of pyridine rings is 1. The van der Waals surface area contributed by atoms with E-state index in [1.165, 1.54) is 12.3 Å². The summed E-state index contributed by atoms with van der Waals surface area (Å²) in [5, 5.41) is 0. The third-order valence-corrected chi connectivity index (χ3v) is 1.72. The predicted octanol–water partition coefficient (Wildman–Crippen LogP) is 1.66. The molecule has 0 aromatic carbocycles. The van der Waals surface area contributed by atoms with Crippen molar-refractivity contribution in [2.24, 2.45) is 5.73 Å². The van der Waals surface area contributed by atoms with Gasteiger partial charge in [0.1, 0.15) is 4.84 Å². The van der Waals surface area contributed by atoms with Crippen molar-refractivity contribution in [1.82, 2.24) is 4.98 Å². The van der Waals surface area contributed by atoms with Crippen molar-refractivity contribution in [3.8, 4) is 0 Å². The first-order valence-corrected chi connectivity index (χ1v) is 4.03. The second-order valence-corrected chi connectivity index (χ2v) is 3.20. The minimum atomic E-state index is -0.825. The van der Waals surface area contributed by atoms with Crippen LogP contribution in [0.2, 0.25) is 0 Å². The van der Waals surface area contributed by atoms with E-state index in [1.54, 1.807) is 6.07 Å². The second-order valence-electron chi connectivity index (χ2n) is 2.10. The Kier molecular flexibility index (Phi) is 2.89. The normalized spacial score (nSPS) is 10.2. The maximum absolute atomic E-state index is 10.8. The smallest absolute Gasteiger partial charge is 0.250 e. The first-order chi connectivity index (χ1) is 5.63. The third kappa shape index (κ3) is 1.87. The molecule has 0 aliphatic rings. The highest BCUT2D eigenvalue weighted by molar-refractivity contribution is 6.44. The van der Waals surface area contributed by atoms with Gasteiger partial charge in [0, 0.05) is 6.20 Å². The van der Waals surface area contributed by atoms with E-state index >= 15 is 0 Å². The SMILES string of the molecule is NC(=O)c1cccnc1C(Cl)Cl. The summed E-state index contributed by atoms with van der Waals surface area (Å²) in [4.78, 5) is 13.8. The van der Waals surface area contributed by atoms with E-state index in [9.17, 15) is 4.79 Å². The monoisotopic (exact) mass is 204 g/mol. The molecule has 0 atom stereocenters. The van der Waals surface area contributed by atoms with Gasteiger partial charge in [-0.1, -0.05) is 23.2 Å². The zero-order valence-corrected chi connectivity index (χ0v) is 7.51. The van der Waals surface area contributed by atoms with Gasteiger partial charge < -0.3 is 5.73 Å². The van der Waals surface area contributed by atoms with Gasteiger partial charge in [0.2, 0.25) is 0 Å². The fourth-order valence-electron chi connectivity index (χ4n) is 0.800. The molecule has 3 nitrogen and oxygen atoms in total. The molecule has 0 saturated carbocycles. The van der Waals surface area contributed by atoms with E-state index in [0.29, 0.717) is 5.69 Å². The molecule has 1 heterocycles. The number of carbonyl (C=O) groups is 1. The van der Waals surface area contributed by atoms with E-state index in [0.717, 1.165) is 0 Å². The van der Waals surface area contributed by atoms with Crippen LogP contribution in [0, 0.1) is 0 Å². The molecule has 0 unspecified atom stereocenters. The van der Waals surface area contributed by atoms with Crippen molar-refractivity contribution in [1.29, 1.82) is 0 Å². The number of rotatable bonds is 2. The first kappa shape index (κ1) is 9.29. The largest absolute Gasteiger partial charge is 0.366 e. The molecule has 1 aromatic rings. The molecule has 5 heteroatoms. The highest BCUT2D eigenvalue weighted by Crippen LogP contribution is 2.24. The van der Waals surface area contributed by atoms with Crippen molar-refractivity contribution in [3.63, 3.8) is 0 Å². The van der Waals surface area contributed by atoms with Crippen LogP contribution in [0.4, 0.5) is 0 Å². The Morgan fingerprint density at radius 1 is 1.58 bits per heavy atom. The zero-order chi connectivity index (χ0) is 9.14. The summed E-state index contributed by atoms with van der Waals surface area (Å²) in [6, 6.07) is 3.13. The number of hydrogen-bond donors (Lipinski definition) is 1. The average molecular weight is 205 g/mol. The molecule has 2 N–H and O–H groups in total. The Hall–Kier alpha value is -0.800. The summed E-state index contributed by atoms with van der Waals surface area (Å²) in [5.74, 6) is -0.579. The van der Waals surface area contributed by atoms with Crippen LogP contribution in [0.1, 0.15) is 20.9 Å². The molecule has 0 radical (unpaired) electrons. The summed E-state index contributed by atoms with van der Waals surface area (Å²) in [5.41, 5.74) is 5.61. The molecule has 1 amide bonds. The number of halogens is 2. The Morgan fingerprint density at radius 3 is 2.67 bits per heavy atom. The minimum Gasteiger partial charge on any atom is -0.366 e. The molecule has 1 rings (SSSR count). The summed E-state index contributed by atoms with van der Waals surface area (Å²) in [6.07, 6.45) is 1.50. The van der Waals surface area contributed by atoms with Gasteiger partial charge in [0.25, 0.3) is 5.91 Å². The van der Waals surface area contributed by atoms with Gasteiger partial charge in [-0.2, -0.15) is 0 Å². The van der Waals surface area contributed by atoms with E-state index in [2.05, 4.69) is 4.98 Å². The molecule has 0 saturated heterocycles. The van der Waals surface area contributed by atoms with Gasteiger partial charge in [-0.05, 0) is 12.1 Å². The van der Waals surface area contributed by atoms with Crippen molar-refractivity contribution < 1.29 is 4.79 Å². The van der Waals surface area contributed by atoms with Gasteiger partial charge in [-0.25, -0.2) is 0 Å². The molecule has 1 aromatic heterocycles. The maximum Gasteiger partial charge on any atom is 0.250 e. The minimum absolute atomic E-state index is 0.257. The van der Waals surface area contributed by atoms with Gasteiger partial charge in [-0.15, -0.1) is 0 Å². The predicted molar refractivity (Wildman–Crippen MR) is 47.2 cm³/mol. The van der Waals surface area contributed by atoms with Gasteiger partial charge in [-0.3, -0.25) is 9.78 Å². The van der Waals surface area contributed by atoms with Crippen molar-refractivity contribution in [3.05, 3.63) is 29.6 Å². The quantitative estimate of drug-likeness (QED) is 0.746. The highest BCUT2D eigenvalue weighted by Gasteiger charge is 2.13. The molecule has 0 bridgehead atoms. The third-order valence-electron chi connectivity index (χ3n) is 1.31. The summed E-state index contributed by atoms with van der Waals surface area (Å²) < 4.78 is 0. The van der Waals surface area contributed by atoms with Crippen molar-refractivity contribution >= 4 is 29.1 Å². The maximum atomic E-state index is 10.8. The average Bonchev–Trinajstić information content (AvgIpc) is 2.04. The van der Waals surface area contributed by atoms with Crippen LogP contribution in [0.15, 0.2) is 18.3 Å². The Balaban J connectivity index is 3.17. The number of aromatic nitrogens is 1. The number of primary amides is 1. The Morgan fingerprint density at radius 2 is 2.25 bits per heavy atom. The first-order valence-electron chi connectivity index (χ1n) is 3.16. The van der Waals surface area contributed by atoms with E-state index in [-0.39, 0.29) is 5.56 Å². The molecule has 0 aliphatic carbocycles. The fourth-order valence-corrected chi connectivity index (χ4v) is 1.15. The number of nitrogens with two attached hydrogens (primary N) is 1. The van der Waals surface area contributed by atoms with Crippen LogP contribution >= 0.6 is 23.2 Å². The number of alkyl halides is 2. The van der Waals surface area contributed by atoms with Crippen LogP contribution < -0.4 is 5.73 Å². The van der Waals surface area contributed by atoms with E-state index in [1.807, 2.05) is 0 Å². The lowest BCUT2D eigenvalue weighted by Crippen LogP contribution is -2.14. The fraction of sp³-hybridized carbons (Fsp3) is 0.143. The number of carbonyl (C=O) groups excluding carboxylic acids is 1. The number of hydrogen-bond acceptors (Lipinski definition) is 2. The van der Waals surface area contributed by atoms with Crippen LogP contribution in [-0.2, 0) is 0 Å².